The van der Waals surface area contributed by atoms with E-state index in [1.54, 1.807) is 30.5 Å². The van der Waals surface area contributed by atoms with Gasteiger partial charge in [0.25, 0.3) is 0 Å². The van der Waals surface area contributed by atoms with E-state index in [1.165, 1.54) is 4.31 Å². The van der Waals surface area contributed by atoms with Crippen LogP contribution < -0.4 is 4.74 Å². The van der Waals surface area contributed by atoms with Gasteiger partial charge in [-0.3, -0.25) is 0 Å². The maximum Gasteiger partial charge on any atom is 0.247 e. The number of nitrogens with zero attached hydrogens (tertiary/aromatic N) is 4. The van der Waals surface area contributed by atoms with Crippen molar-refractivity contribution in [1.82, 2.24) is 18.9 Å². The quantitative estimate of drug-likeness (QED) is 0.702. The molecule has 0 aliphatic carbocycles. The summed E-state index contributed by atoms with van der Waals surface area (Å²) in [4.78, 5) is 4.61. The Morgan fingerprint density at radius 1 is 1.27 bits per heavy atom. The third-order valence-electron chi connectivity index (χ3n) is 4.50. The standard InChI is InChI=1S/C18H20N4O3S/c1-3-25-16-6-4-5-7-17(16)26(23,24)21-9-8-15-14(12-21)11-19-18-10-13(2)20-22(15)18/h4-7,10-11H,3,8-9,12H2,1-2H3. The zero-order valence-electron chi connectivity index (χ0n) is 14.7. The van der Waals surface area contributed by atoms with Gasteiger partial charge in [-0.25, -0.2) is 17.9 Å². The Labute approximate surface area is 152 Å². The van der Waals surface area contributed by atoms with E-state index < -0.39 is 10.0 Å². The summed E-state index contributed by atoms with van der Waals surface area (Å²) in [6.07, 6.45) is 2.34. The maximum absolute atomic E-state index is 13.2. The summed E-state index contributed by atoms with van der Waals surface area (Å²) in [6, 6.07) is 8.68. The Morgan fingerprint density at radius 2 is 2.08 bits per heavy atom. The minimum absolute atomic E-state index is 0.203. The van der Waals surface area contributed by atoms with Crippen molar-refractivity contribution in [3.05, 3.63) is 53.5 Å². The molecule has 2 aromatic heterocycles. The van der Waals surface area contributed by atoms with Gasteiger partial charge in [-0.2, -0.15) is 9.40 Å². The van der Waals surface area contributed by atoms with Crippen LogP contribution in [0.4, 0.5) is 0 Å². The zero-order chi connectivity index (χ0) is 18.3. The second kappa shape index (κ2) is 6.37. The molecule has 0 fully saturated rings. The van der Waals surface area contributed by atoms with Crippen LogP contribution in [0.2, 0.25) is 0 Å². The number of sulfonamides is 1. The first-order valence-electron chi connectivity index (χ1n) is 8.56. The van der Waals surface area contributed by atoms with Crippen LogP contribution in [0.15, 0.2) is 41.4 Å². The highest BCUT2D eigenvalue weighted by Crippen LogP contribution is 2.30. The van der Waals surface area contributed by atoms with Crippen molar-refractivity contribution in [2.24, 2.45) is 0 Å². The Morgan fingerprint density at radius 3 is 2.88 bits per heavy atom. The van der Waals surface area contributed by atoms with Crippen LogP contribution in [0.25, 0.3) is 5.65 Å². The van der Waals surface area contributed by atoms with Crippen molar-refractivity contribution >= 4 is 15.7 Å². The van der Waals surface area contributed by atoms with Crippen LogP contribution in [0.5, 0.6) is 5.75 Å². The molecule has 3 heterocycles. The van der Waals surface area contributed by atoms with Gasteiger partial charge < -0.3 is 4.74 Å². The van der Waals surface area contributed by atoms with Crippen LogP contribution in [-0.4, -0.2) is 40.5 Å². The number of para-hydroxylation sites is 1. The summed E-state index contributed by atoms with van der Waals surface area (Å²) in [5, 5.41) is 4.48. The van der Waals surface area contributed by atoms with Gasteiger partial charge in [0.1, 0.15) is 10.6 Å². The van der Waals surface area contributed by atoms with Crippen molar-refractivity contribution in [3.63, 3.8) is 0 Å². The fraction of sp³-hybridized carbons (Fsp3) is 0.333. The highest BCUT2D eigenvalue weighted by Gasteiger charge is 2.31. The van der Waals surface area contributed by atoms with Crippen molar-refractivity contribution in [1.29, 1.82) is 0 Å². The molecule has 0 bridgehead atoms. The number of hydrogen-bond donors (Lipinski definition) is 0. The van der Waals surface area contributed by atoms with Gasteiger partial charge in [0.05, 0.1) is 18.0 Å². The minimum Gasteiger partial charge on any atom is -0.492 e. The Kier molecular flexibility index (Phi) is 4.16. The molecule has 0 unspecified atom stereocenters. The predicted octanol–water partition coefficient (Wildman–Crippen LogP) is 2.18. The monoisotopic (exact) mass is 372 g/mol. The molecular formula is C18H20N4O3S. The number of aromatic nitrogens is 3. The smallest absolute Gasteiger partial charge is 0.247 e. The summed E-state index contributed by atoms with van der Waals surface area (Å²) in [7, 11) is -3.65. The van der Waals surface area contributed by atoms with Crippen molar-refractivity contribution in [3.8, 4) is 5.75 Å². The molecule has 7 nitrogen and oxygen atoms in total. The van der Waals surface area contributed by atoms with Gasteiger partial charge in [0, 0.05) is 37.3 Å². The second-order valence-corrected chi connectivity index (χ2v) is 8.16. The average Bonchev–Trinajstić information content (AvgIpc) is 3.02. The predicted molar refractivity (Wildman–Crippen MR) is 96.6 cm³/mol. The van der Waals surface area contributed by atoms with Crippen LogP contribution >= 0.6 is 0 Å². The van der Waals surface area contributed by atoms with Gasteiger partial charge in [-0.15, -0.1) is 0 Å². The molecule has 0 atom stereocenters. The van der Waals surface area contributed by atoms with Crippen molar-refractivity contribution in [2.45, 2.75) is 31.7 Å². The lowest BCUT2D eigenvalue weighted by atomic mass is 10.1. The molecule has 1 aromatic carbocycles. The molecule has 0 amide bonds. The van der Waals surface area contributed by atoms with Gasteiger partial charge in [0.2, 0.25) is 10.0 Å². The molecule has 0 radical (unpaired) electrons. The molecule has 0 N–H and O–H groups in total. The molecule has 1 aliphatic rings. The highest BCUT2D eigenvalue weighted by molar-refractivity contribution is 7.89. The largest absolute Gasteiger partial charge is 0.492 e. The second-order valence-electron chi connectivity index (χ2n) is 6.25. The molecule has 3 aromatic rings. The number of hydrogen-bond acceptors (Lipinski definition) is 5. The Bertz CT molecular complexity index is 1080. The van der Waals surface area contributed by atoms with E-state index in [4.69, 9.17) is 4.74 Å². The first-order valence-corrected chi connectivity index (χ1v) is 10.00. The highest BCUT2D eigenvalue weighted by atomic mass is 32.2. The number of benzene rings is 1. The van der Waals surface area contributed by atoms with E-state index in [0.717, 1.165) is 22.6 Å². The van der Waals surface area contributed by atoms with Crippen LogP contribution in [-0.2, 0) is 23.0 Å². The Balaban J connectivity index is 1.71. The molecule has 8 heteroatoms. The molecule has 0 spiro atoms. The van der Waals surface area contributed by atoms with E-state index in [1.807, 2.05) is 24.4 Å². The van der Waals surface area contributed by atoms with E-state index in [0.29, 0.717) is 25.3 Å². The first-order chi connectivity index (χ1) is 12.5. The number of rotatable bonds is 4. The number of ether oxygens (including phenoxy) is 1. The summed E-state index contributed by atoms with van der Waals surface area (Å²) in [5.41, 5.74) is 3.59. The van der Waals surface area contributed by atoms with E-state index in [9.17, 15) is 8.42 Å². The van der Waals surface area contributed by atoms with Crippen LogP contribution in [0, 0.1) is 6.92 Å². The van der Waals surface area contributed by atoms with E-state index in [-0.39, 0.29) is 11.4 Å². The lowest BCUT2D eigenvalue weighted by Crippen LogP contribution is -2.37. The molecule has 0 saturated carbocycles. The summed E-state index contributed by atoms with van der Waals surface area (Å²) >= 11 is 0. The lowest BCUT2D eigenvalue weighted by Gasteiger charge is -2.28. The SMILES string of the molecule is CCOc1ccccc1S(=O)(=O)N1CCc2c(cnc3cc(C)nn23)C1. The van der Waals surface area contributed by atoms with Gasteiger partial charge >= 0.3 is 0 Å². The molecule has 1 aliphatic heterocycles. The van der Waals surface area contributed by atoms with Crippen molar-refractivity contribution in [2.75, 3.05) is 13.2 Å². The molecule has 26 heavy (non-hydrogen) atoms. The van der Waals surface area contributed by atoms with Gasteiger partial charge in [-0.05, 0) is 26.0 Å². The van der Waals surface area contributed by atoms with Crippen molar-refractivity contribution < 1.29 is 13.2 Å². The molecular weight excluding hydrogens is 352 g/mol. The topological polar surface area (TPSA) is 76.8 Å². The maximum atomic E-state index is 13.2. The third-order valence-corrected chi connectivity index (χ3v) is 6.39. The normalized spacial score (nSPS) is 15.2. The molecule has 0 saturated heterocycles. The summed E-state index contributed by atoms with van der Waals surface area (Å²) in [5.74, 6) is 0.386. The van der Waals surface area contributed by atoms with Gasteiger partial charge in [0.15, 0.2) is 5.65 Å². The van der Waals surface area contributed by atoms with Crippen LogP contribution in [0.1, 0.15) is 23.9 Å². The van der Waals surface area contributed by atoms with Crippen LogP contribution in [0.3, 0.4) is 0 Å². The average molecular weight is 372 g/mol. The summed E-state index contributed by atoms with van der Waals surface area (Å²) < 4.78 is 35.1. The number of aryl methyl sites for hydroxylation is 1. The minimum atomic E-state index is -3.65. The molecule has 4 rings (SSSR count). The van der Waals surface area contributed by atoms with Gasteiger partial charge in [-0.1, -0.05) is 12.1 Å². The zero-order valence-corrected chi connectivity index (χ0v) is 15.5. The fourth-order valence-electron chi connectivity index (χ4n) is 3.31. The molecule has 136 valence electrons. The lowest BCUT2D eigenvalue weighted by molar-refractivity contribution is 0.327. The Hall–Kier alpha value is -2.45. The van der Waals surface area contributed by atoms with E-state index >= 15 is 0 Å². The van der Waals surface area contributed by atoms with E-state index in [2.05, 4.69) is 10.1 Å². The third kappa shape index (κ3) is 2.75. The first kappa shape index (κ1) is 17.0. The summed E-state index contributed by atoms with van der Waals surface area (Å²) in [6.45, 7) is 4.85. The fourth-order valence-corrected chi connectivity index (χ4v) is 4.86. The number of fused-ring (bicyclic) bond motifs is 3.